The first-order chi connectivity index (χ1) is 7.65. The molecule has 0 unspecified atom stereocenters. The van der Waals surface area contributed by atoms with E-state index in [9.17, 15) is 8.78 Å². The van der Waals surface area contributed by atoms with Gasteiger partial charge in [0.05, 0.1) is 0 Å². The van der Waals surface area contributed by atoms with Crippen LogP contribution in [0.3, 0.4) is 0 Å². The minimum absolute atomic E-state index is 0. The maximum absolute atomic E-state index is 12.0. The zero-order valence-corrected chi connectivity index (χ0v) is 10.1. The van der Waals surface area contributed by atoms with Gasteiger partial charge in [0.2, 0.25) is 0 Å². The fourth-order valence-corrected chi connectivity index (χ4v) is 1.77. The van der Waals surface area contributed by atoms with E-state index < -0.39 is 6.61 Å². The number of hydrogen-bond acceptors (Lipinski definition) is 2. The summed E-state index contributed by atoms with van der Waals surface area (Å²) in [7, 11) is 0. The molecule has 96 valence electrons. The molecule has 17 heavy (non-hydrogen) atoms. The molecule has 0 heterocycles. The van der Waals surface area contributed by atoms with Gasteiger partial charge >= 0.3 is 6.61 Å². The van der Waals surface area contributed by atoms with E-state index in [1.165, 1.54) is 18.9 Å². The maximum Gasteiger partial charge on any atom is 0.387 e. The SMILES string of the molecule is Cl.N[C@@H](CC1CC1)c1cccc(OC(F)F)c1. The lowest BCUT2D eigenvalue weighted by atomic mass is 10.0. The fourth-order valence-electron chi connectivity index (χ4n) is 1.77. The zero-order chi connectivity index (χ0) is 11.5. The number of rotatable bonds is 5. The molecule has 1 aliphatic carbocycles. The van der Waals surface area contributed by atoms with E-state index >= 15 is 0 Å². The molecular formula is C12H16ClF2NO. The van der Waals surface area contributed by atoms with Gasteiger partial charge in [-0.1, -0.05) is 25.0 Å². The van der Waals surface area contributed by atoms with Crippen molar-refractivity contribution in [2.45, 2.75) is 31.9 Å². The Bertz CT molecular complexity index is 358. The molecule has 0 amide bonds. The lowest BCUT2D eigenvalue weighted by Gasteiger charge is -2.13. The Morgan fingerprint density at radius 3 is 2.65 bits per heavy atom. The van der Waals surface area contributed by atoms with Crippen molar-refractivity contribution >= 4 is 12.4 Å². The van der Waals surface area contributed by atoms with Crippen LogP contribution < -0.4 is 10.5 Å². The normalized spacial score (nSPS) is 16.5. The molecule has 1 aromatic carbocycles. The molecule has 5 heteroatoms. The number of halogens is 3. The highest BCUT2D eigenvalue weighted by molar-refractivity contribution is 5.85. The van der Waals surface area contributed by atoms with Crippen LogP contribution >= 0.6 is 12.4 Å². The second-order valence-electron chi connectivity index (χ2n) is 4.24. The van der Waals surface area contributed by atoms with Crippen LogP contribution in [0.1, 0.15) is 30.9 Å². The average molecular weight is 264 g/mol. The number of ether oxygens (including phenoxy) is 1. The van der Waals surface area contributed by atoms with Crippen molar-refractivity contribution in [2.75, 3.05) is 0 Å². The van der Waals surface area contributed by atoms with E-state index in [0.29, 0.717) is 0 Å². The van der Waals surface area contributed by atoms with Gasteiger partial charge in [-0.3, -0.25) is 0 Å². The van der Waals surface area contributed by atoms with Gasteiger partial charge in [-0.2, -0.15) is 8.78 Å². The Balaban J connectivity index is 0.00000144. The average Bonchev–Trinajstić information content (AvgIpc) is 3.01. The smallest absolute Gasteiger partial charge is 0.387 e. The standard InChI is InChI=1S/C12H15F2NO.ClH/c13-12(14)16-10-3-1-2-9(7-10)11(15)6-8-4-5-8;/h1-3,7-8,11-12H,4-6,15H2;1H/t11-;/m0./s1. The van der Waals surface area contributed by atoms with E-state index in [-0.39, 0.29) is 24.2 Å². The van der Waals surface area contributed by atoms with Gasteiger partial charge in [0.1, 0.15) is 5.75 Å². The number of hydrogen-bond donors (Lipinski definition) is 1. The molecule has 2 N–H and O–H groups in total. The molecule has 0 spiro atoms. The van der Waals surface area contributed by atoms with Crippen molar-refractivity contribution in [2.24, 2.45) is 11.7 Å². The highest BCUT2D eigenvalue weighted by Crippen LogP contribution is 2.37. The predicted molar refractivity (Wildman–Crippen MR) is 64.6 cm³/mol. The van der Waals surface area contributed by atoms with Crippen molar-refractivity contribution in [3.8, 4) is 5.75 Å². The van der Waals surface area contributed by atoms with Crippen LogP contribution in [0, 0.1) is 5.92 Å². The first kappa shape index (κ1) is 14.2. The van der Waals surface area contributed by atoms with Gasteiger partial charge in [-0.25, -0.2) is 0 Å². The Morgan fingerprint density at radius 1 is 1.35 bits per heavy atom. The minimum Gasteiger partial charge on any atom is -0.435 e. The molecule has 1 aliphatic rings. The molecule has 0 bridgehead atoms. The van der Waals surface area contributed by atoms with Crippen molar-refractivity contribution in [1.29, 1.82) is 0 Å². The highest BCUT2D eigenvalue weighted by atomic mass is 35.5. The van der Waals surface area contributed by atoms with Crippen LogP contribution in [-0.2, 0) is 0 Å². The monoisotopic (exact) mass is 263 g/mol. The molecule has 1 fully saturated rings. The molecule has 0 saturated heterocycles. The number of nitrogens with two attached hydrogens (primary N) is 1. The summed E-state index contributed by atoms with van der Waals surface area (Å²) in [6.07, 6.45) is 3.40. The van der Waals surface area contributed by atoms with Crippen molar-refractivity contribution in [3.63, 3.8) is 0 Å². The summed E-state index contributed by atoms with van der Waals surface area (Å²) in [6.45, 7) is -2.78. The van der Waals surface area contributed by atoms with Crippen LogP contribution in [0.4, 0.5) is 8.78 Å². The van der Waals surface area contributed by atoms with Gasteiger partial charge in [-0.15, -0.1) is 12.4 Å². The van der Waals surface area contributed by atoms with Crippen molar-refractivity contribution in [1.82, 2.24) is 0 Å². The lowest BCUT2D eigenvalue weighted by molar-refractivity contribution is -0.0499. The van der Waals surface area contributed by atoms with Crippen molar-refractivity contribution in [3.05, 3.63) is 29.8 Å². The maximum atomic E-state index is 12.0. The van der Waals surface area contributed by atoms with E-state index in [2.05, 4.69) is 4.74 Å². The van der Waals surface area contributed by atoms with E-state index in [1.807, 2.05) is 6.07 Å². The molecule has 0 radical (unpaired) electrons. The van der Waals surface area contributed by atoms with Crippen LogP contribution in [0.5, 0.6) is 5.75 Å². The first-order valence-corrected chi connectivity index (χ1v) is 5.45. The van der Waals surface area contributed by atoms with Crippen LogP contribution in [0.15, 0.2) is 24.3 Å². The van der Waals surface area contributed by atoms with E-state index in [1.54, 1.807) is 12.1 Å². The quantitative estimate of drug-likeness (QED) is 0.882. The summed E-state index contributed by atoms with van der Waals surface area (Å²) in [6, 6.07) is 6.58. The third-order valence-electron chi connectivity index (χ3n) is 2.80. The van der Waals surface area contributed by atoms with Gasteiger partial charge < -0.3 is 10.5 Å². The zero-order valence-electron chi connectivity index (χ0n) is 9.31. The minimum atomic E-state index is -2.78. The molecule has 0 aromatic heterocycles. The summed E-state index contributed by atoms with van der Waals surface area (Å²) in [5.74, 6) is 0.897. The summed E-state index contributed by atoms with van der Waals surface area (Å²) < 4.78 is 28.4. The third kappa shape index (κ3) is 4.48. The summed E-state index contributed by atoms with van der Waals surface area (Å²) in [5, 5.41) is 0. The Labute approximate surface area is 106 Å². The second kappa shape index (κ2) is 6.17. The van der Waals surface area contributed by atoms with Crippen LogP contribution in [-0.4, -0.2) is 6.61 Å². The number of benzene rings is 1. The molecule has 0 aliphatic heterocycles. The lowest BCUT2D eigenvalue weighted by Crippen LogP contribution is -2.11. The molecule has 1 saturated carbocycles. The Morgan fingerprint density at radius 2 is 2.06 bits per heavy atom. The van der Waals surface area contributed by atoms with E-state index in [4.69, 9.17) is 5.73 Å². The molecular weight excluding hydrogens is 248 g/mol. The Hall–Kier alpha value is -0.870. The fraction of sp³-hybridized carbons (Fsp3) is 0.500. The van der Waals surface area contributed by atoms with Crippen LogP contribution in [0.25, 0.3) is 0 Å². The molecule has 2 nitrogen and oxygen atoms in total. The summed E-state index contributed by atoms with van der Waals surface area (Å²) in [5.41, 5.74) is 6.86. The van der Waals surface area contributed by atoms with Gasteiger partial charge in [0.25, 0.3) is 0 Å². The molecule has 1 aromatic rings. The molecule has 1 atom stereocenters. The third-order valence-corrected chi connectivity index (χ3v) is 2.80. The summed E-state index contributed by atoms with van der Waals surface area (Å²) in [4.78, 5) is 0. The highest BCUT2D eigenvalue weighted by Gasteiger charge is 2.24. The van der Waals surface area contributed by atoms with Gasteiger partial charge in [0, 0.05) is 6.04 Å². The van der Waals surface area contributed by atoms with Gasteiger partial charge in [0.15, 0.2) is 0 Å². The Kier molecular flexibility index (Phi) is 5.15. The molecule has 2 rings (SSSR count). The largest absolute Gasteiger partial charge is 0.435 e. The first-order valence-electron chi connectivity index (χ1n) is 5.45. The second-order valence-corrected chi connectivity index (χ2v) is 4.24. The van der Waals surface area contributed by atoms with Crippen LogP contribution in [0.2, 0.25) is 0 Å². The van der Waals surface area contributed by atoms with E-state index in [0.717, 1.165) is 17.9 Å². The predicted octanol–water partition coefficient (Wildman–Crippen LogP) is 3.51. The topological polar surface area (TPSA) is 35.2 Å². The van der Waals surface area contributed by atoms with Crippen molar-refractivity contribution < 1.29 is 13.5 Å². The number of alkyl halides is 2. The summed E-state index contributed by atoms with van der Waals surface area (Å²) >= 11 is 0. The van der Waals surface area contributed by atoms with Gasteiger partial charge in [-0.05, 0) is 30.0 Å².